The Bertz CT molecular complexity index is 556. The van der Waals surface area contributed by atoms with Gasteiger partial charge in [0, 0.05) is 19.3 Å². The molecule has 1 saturated heterocycles. The average molecular weight is 290 g/mol. The van der Waals surface area contributed by atoms with Gasteiger partial charge in [-0.1, -0.05) is 23.7 Å². The number of rotatable bonds is 3. The van der Waals surface area contributed by atoms with Crippen molar-refractivity contribution >= 4 is 23.2 Å². The van der Waals surface area contributed by atoms with E-state index in [-0.39, 0.29) is 11.5 Å². The van der Waals surface area contributed by atoms with E-state index >= 15 is 0 Å². The van der Waals surface area contributed by atoms with Crippen LogP contribution in [0.4, 0.5) is 5.69 Å². The molecule has 0 atom stereocenters. The van der Waals surface area contributed by atoms with E-state index in [1.807, 2.05) is 18.2 Å². The molecule has 1 heterocycles. The molecule has 0 spiro atoms. The van der Waals surface area contributed by atoms with Crippen molar-refractivity contribution in [3.8, 4) is 6.07 Å². The number of hydrogen-bond acceptors (Lipinski definition) is 3. The highest BCUT2D eigenvalue weighted by Gasteiger charge is 2.20. The summed E-state index contributed by atoms with van der Waals surface area (Å²) in [5.41, 5.74) is 0.778. The minimum Gasteiger partial charge on any atom is -0.359 e. The summed E-state index contributed by atoms with van der Waals surface area (Å²) >= 11 is 6.01. The summed E-state index contributed by atoms with van der Waals surface area (Å²) in [6.45, 7) is 1.45. The van der Waals surface area contributed by atoms with Gasteiger partial charge in [0.15, 0.2) is 0 Å². The molecule has 104 valence electrons. The molecule has 0 aromatic heterocycles. The predicted molar refractivity (Wildman–Crippen MR) is 79.2 cm³/mol. The van der Waals surface area contributed by atoms with Gasteiger partial charge in [-0.15, -0.1) is 0 Å². The van der Waals surface area contributed by atoms with Gasteiger partial charge >= 0.3 is 0 Å². The van der Waals surface area contributed by atoms with E-state index in [0.29, 0.717) is 10.7 Å². The molecule has 1 aliphatic heterocycles. The largest absolute Gasteiger partial charge is 0.359 e. The molecule has 0 radical (unpaired) electrons. The van der Waals surface area contributed by atoms with Crippen LogP contribution in [0.2, 0.25) is 5.02 Å². The lowest BCUT2D eigenvalue weighted by molar-refractivity contribution is -0.127. The highest BCUT2D eigenvalue weighted by Crippen LogP contribution is 2.21. The molecule has 2 rings (SSSR count). The topological polar surface area (TPSA) is 56.1 Å². The zero-order chi connectivity index (χ0) is 14.4. The van der Waals surface area contributed by atoms with Crippen LogP contribution in [-0.2, 0) is 4.79 Å². The van der Waals surface area contributed by atoms with Crippen LogP contribution in [0.15, 0.2) is 36.0 Å². The lowest BCUT2D eigenvalue weighted by Gasteiger charge is -2.26. The van der Waals surface area contributed by atoms with Gasteiger partial charge < -0.3 is 10.2 Å². The van der Waals surface area contributed by atoms with Crippen LogP contribution in [0.25, 0.3) is 0 Å². The van der Waals surface area contributed by atoms with Crippen molar-refractivity contribution in [1.29, 1.82) is 5.26 Å². The van der Waals surface area contributed by atoms with Crippen LogP contribution >= 0.6 is 11.6 Å². The Morgan fingerprint density at radius 3 is 2.65 bits per heavy atom. The standard InChI is InChI=1S/C15H16ClN3O/c16-13-6-2-3-7-14(13)18-11-12(10-17)15(20)19-8-4-1-5-9-19/h2-3,6-7,11,18H,1,4-5,8-9H2/b12-11-. The molecule has 1 N–H and O–H groups in total. The fourth-order valence-electron chi connectivity index (χ4n) is 2.14. The van der Waals surface area contributed by atoms with E-state index in [2.05, 4.69) is 5.32 Å². The zero-order valence-electron chi connectivity index (χ0n) is 11.1. The van der Waals surface area contributed by atoms with Crippen molar-refractivity contribution in [1.82, 2.24) is 4.90 Å². The number of halogens is 1. The Balaban J connectivity index is 2.08. The van der Waals surface area contributed by atoms with E-state index in [4.69, 9.17) is 16.9 Å². The molecule has 0 saturated carbocycles. The number of nitriles is 1. The van der Waals surface area contributed by atoms with Crippen molar-refractivity contribution in [3.05, 3.63) is 41.1 Å². The summed E-state index contributed by atoms with van der Waals surface area (Å²) in [5.74, 6) is -0.216. The molecular formula is C15H16ClN3O. The SMILES string of the molecule is N#C/C(=C/Nc1ccccc1Cl)C(=O)N1CCCCC1. The zero-order valence-corrected chi connectivity index (χ0v) is 11.9. The molecule has 20 heavy (non-hydrogen) atoms. The third-order valence-electron chi connectivity index (χ3n) is 3.24. The average Bonchev–Trinajstić information content (AvgIpc) is 2.50. The second kappa shape index (κ2) is 6.97. The number of piperidine rings is 1. The van der Waals surface area contributed by atoms with Crippen LogP contribution < -0.4 is 5.32 Å². The van der Waals surface area contributed by atoms with Crippen molar-refractivity contribution in [2.24, 2.45) is 0 Å². The van der Waals surface area contributed by atoms with Gasteiger partial charge in [-0.3, -0.25) is 4.79 Å². The van der Waals surface area contributed by atoms with Gasteiger partial charge in [0.25, 0.3) is 5.91 Å². The van der Waals surface area contributed by atoms with E-state index < -0.39 is 0 Å². The van der Waals surface area contributed by atoms with E-state index in [9.17, 15) is 4.79 Å². The summed E-state index contributed by atoms with van der Waals surface area (Å²) < 4.78 is 0. The molecule has 4 nitrogen and oxygen atoms in total. The molecule has 0 bridgehead atoms. The summed E-state index contributed by atoms with van der Waals surface area (Å²) in [6.07, 6.45) is 4.58. The lowest BCUT2D eigenvalue weighted by atomic mass is 10.1. The van der Waals surface area contributed by atoms with Crippen molar-refractivity contribution in [2.45, 2.75) is 19.3 Å². The number of likely N-dealkylation sites (tertiary alicyclic amines) is 1. The van der Waals surface area contributed by atoms with Gasteiger partial charge in [-0.05, 0) is 31.4 Å². The summed E-state index contributed by atoms with van der Waals surface area (Å²) in [7, 11) is 0. The monoisotopic (exact) mass is 289 g/mol. The first-order valence-corrected chi connectivity index (χ1v) is 7.01. The highest BCUT2D eigenvalue weighted by atomic mass is 35.5. The first-order chi connectivity index (χ1) is 9.72. The normalized spacial score (nSPS) is 15.6. The van der Waals surface area contributed by atoms with Crippen LogP contribution in [0, 0.1) is 11.3 Å². The minimum absolute atomic E-state index is 0.104. The number of carbonyl (C=O) groups excluding carboxylic acids is 1. The van der Waals surface area contributed by atoms with E-state index in [0.717, 1.165) is 32.4 Å². The van der Waals surface area contributed by atoms with Gasteiger partial charge in [-0.25, -0.2) is 0 Å². The van der Waals surface area contributed by atoms with E-state index in [1.54, 1.807) is 17.0 Å². The number of benzene rings is 1. The van der Waals surface area contributed by atoms with Gasteiger partial charge in [0.05, 0.1) is 10.7 Å². The van der Waals surface area contributed by atoms with Gasteiger partial charge in [-0.2, -0.15) is 5.26 Å². The number of nitrogens with zero attached hydrogens (tertiary/aromatic N) is 2. The molecule has 1 aromatic carbocycles. The first-order valence-electron chi connectivity index (χ1n) is 6.63. The van der Waals surface area contributed by atoms with Crippen molar-refractivity contribution < 1.29 is 4.79 Å². The Morgan fingerprint density at radius 2 is 2.00 bits per heavy atom. The molecule has 0 unspecified atom stereocenters. The second-order valence-electron chi connectivity index (χ2n) is 4.65. The Labute approximate surface area is 123 Å². The van der Waals surface area contributed by atoms with Crippen LogP contribution in [0.5, 0.6) is 0 Å². The molecule has 5 heteroatoms. The minimum atomic E-state index is -0.216. The maximum absolute atomic E-state index is 12.2. The van der Waals surface area contributed by atoms with Crippen LogP contribution in [-0.4, -0.2) is 23.9 Å². The van der Waals surface area contributed by atoms with E-state index in [1.165, 1.54) is 6.20 Å². The quantitative estimate of drug-likeness (QED) is 0.687. The van der Waals surface area contributed by atoms with Crippen molar-refractivity contribution in [3.63, 3.8) is 0 Å². The number of nitrogens with one attached hydrogen (secondary N) is 1. The first kappa shape index (κ1) is 14.4. The fraction of sp³-hybridized carbons (Fsp3) is 0.333. The smallest absolute Gasteiger partial charge is 0.266 e. The Morgan fingerprint density at radius 1 is 1.30 bits per heavy atom. The third-order valence-corrected chi connectivity index (χ3v) is 3.57. The third kappa shape index (κ3) is 3.52. The molecule has 1 fully saturated rings. The molecule has 0 aliphatic carbocycles. The Kier molecular flexibility index (Phi) is 5.03. The lowest BCUT2D eigenvalue weighted by Crippen LogP contribution is -2.36. The molecular weight excluding hydrogens is 274 g/mol. The summed E-state index contributed by atoms with van der Waals surface area (Å²) in [6, 6.07) is 9.14. The van der Waals surface area contributed by atoms with Crippen LogP contribution in [0.3, 0.4) is 0 Å². The number of anilines is 1. The van der Waals surface area contributed by atoms with Crippen LogP contribution in [0.1, 0.15) is 19.3 Å². The molecule has 1 aromatic rings. The number of amides is 1. The van der Waals surface area contributed by atoms with Gasteiger partial charge in [0.2, 0.25) is 0 Å². The maximum atomic E-state index is 12.2. The summed E-state index contributed by atoms with van der Waals surface area (Å²) in [4.78, 5) is 13.9. The van der Waals surface area contributed by atoms with Crippen molar-refractivity contribution in [2.75, 3.05) is 18.4 Å². The summed E-state index contributed by atoms with van der Waals surface area (Å²) in [5, 5.41) is 12.6. The molecule has 1 amide bonds. The Hall–Kier alpha value is -1.99. The number of hydrogen-bond donors (Lipinski definition) is 1. The second-order valence-corrected chi connectivity index (χ2v) is 5.05. The van der Waals surface area contributed by atoms with Gasteiger partial charge in [0.1, 0.15) is 11.6 Å². The maximum Gasteiger partial charge on any atom is 0.266 e. The highest BCUT2D eigenvalue weighted by molar-refractivity contribution is 6.33. The number of carbonyl (C=O) groups is 1. The fourth-order valence-corrected chi connectivity index (χ4v) is 2.33. The number of para-hydroxylation sites is 1. The molecule has 1 aliphatic rings. The predicted octanol–water partition coefficient (Wildman–Crippen LogP) is 3.17.